The number of nitrogens with zero attached hydrogens (tertiary/aromatic N) is 11. The van der Waals surface area contributed by atoms with Crippen LogP contribution in [0.1, 0.15) is 224 Å². The first-order chi connectivity index (χ1) is 53.8. The lowest BCUT2D eigenvalue weighted by Gasteiger charge is -2.62. The third-order valence-electron chi connectivity index (χ3n) is 32.7. The molecule has 0 amide bonds. The van der Waals surface area contributed by atoms with Crippen molar-refractivity contribution in [3.8, 4) is 0 Å². The fraction of sp³-hybridized carbons (Fsp3) is 0.786. The number of nitrogens with one attached hydrogen (secondary N) is 1. The average molecular weight is 1530 g/mol. The summed E-state index contributed by atoms with van der Waals surface area (Å²) in [5.74, 6) is 9.16. The Balaban J connectivity index is 0.000000143. The average Bonchev–Trinajstić information content (AvgIpc) is 0.847. The van der Waals surface area contributed by atoms with Crippen LogP contribution in [-0.4, -0.2) is 156 Å². The molecular formula is C84H127BrN12O9. The number of carbonyl (C=O) groups excluding carboxylic acids is 3. The van der Waals surface area contributed by atoms with Crippen molar-refractivity contribution in [3.05, 3.63) is 55.8 Å². The second kappa shape index (κ2) is 29.5. The topological polar surface area (TPSA) is 281 Å². The van der Waals surface area contributed by atoms with Crippen molar-refractivity contribution in [1.29, 1.82) is 0 Å². The maximum absolute atomic E-state index is 13.7. The second-order valence-corrected chi connectivity index (χ2v) is 38.5. The van der Waals surface area contributed by atoms with Crippen molar-refractivity contribution in [2.45, 2.75) is 245 Å². The Morgan fingerprint density at radius 2 is 0.896 bits per heavy atom. The van der Waals surface area contributed by atoms with E-state index >= 15 is 0 Å². The highest BCUT2D eigenvalue weighted by Crippen LogP contribution is 2.72. The second-order valence-electron chi connectivity index (χ2n) is 37.9. The maximum atomic E-state index is 13.7. The summed E-state index contributed by atoms with van der Waals surface area (Å²) in [5, 5.41) is 48.3. The number of fused-ring (bicyclic) bond motifs is 18. The predicted octanol–water partition coefficient (Wildman–Crippen LogP) is 14.9. The Labute approximate surface area is 644 Å². The number of H-pyrrole nitrogens is 1. The van der Waals surface area contributed by atoms with Gasteiger partial charge in [-0.15, -0.1) is 0 Å². The fourth-order valence-electron chi connectivity index (χ4n) is 28.0. The fourth-order valence-corrected chi connectivity index (χ4v) is 28.4. The van der Waals surface area contributed by atoms with Crippen molar-refractivity contribution >= 4 is 66.8 Å². The Morgan fingerprint density at radius 3 is 1.34 bits per heavy atom. The first kappa shape index (κ1) is 72.4. The Morgan fingerprint density at radius 1 is 0.481 bits per heavy atom. The van der Waals surface area contributed by atoms with Crippen LogP contribution in [0.5, 0.6) is 0 Å². The molecule has 12 aliphatic rings. The number of aliphatic hydroxyl groups is 3. The van der Waals surface area contributed by atoms with Crippen LogP contribution < -0.4 is 0 Å². The molecule has 0 spiro atoms. The van der Waals surface area contributed by atoms with E-state index in [4.69, 9.17) is 23.1 Å². The molecule has 12 saturated carbocycles. The quantitative estimate of drug-likeness (QED) is 0.0737. The first-order valence-corrected chi connectivity index (χ1v) is 42.0. The third-order valence-corrected chi connectivity index (χ3v) is 33.2. The molecule has 6 aromatic rings. The number of rotatable bonds is 14. The Kier molecular flexibility index (Phi) is 20.2. The van der Waals surface area contributed by atoms with Crippen LogP contribution in [0.2, 0.25) is 0 Å². The number of alkyl halides is 1. The van der Waals surface area contributed by atoms with Gasteiger partial charge in [0.1, 0.15) is 28.9 Å². The highest BCUT2D eigenvalue weighted by molar-refractivity contribution is 9.09. The normalized spacial score (nSPS) is 42.7. The molecule has 6 aromatic heterocycles. The molecule has 106 heavy (non-hydrogen) atoms. The van der Waals surface area contributed by atoms with Gasteiger partial charge in [-0.05, 0) is 298 Å². The molecule has 24 atom stereocenters. The highest BCUT2D eigenvalue weighted by atomic mass is 79.9. The molecule has 584 valence electrons. The minimum atomic E-state index is -0.538. The van der Waals surface area contributed by atoms with Crippen LogP contribution in [0.25, 0.3) is 33.5 Å². The molecule has 22 heteroatoms. The third kappa shape index (κ3) is 13.5. The number of halogens is 1. The molecule has 6 heterocycles. The van der Waals surface area contributed by atoms with Gasteiger partial charge in [-0.2, -0.15) is 15.3 Å². The summed E-state index contributed by atoms with van der Waals surface area (Å²) >= 11 is 3.43. The number of hydrogen-bond acceptors (Lipinski definition) is 18. The molecule has 18 rings (SSSR count). The van der Waals surface area contributed by atoms with Gasteiger partial charge in [0.2, 0.25) is 0 Å². The van der Waals surface area contributed by atoms with Gasteiger partial charge in [-0.1, -0.05) is 36.7 Å². The zero-order valence-electron chi connectivity index (χ0n) is 70.8. The minimum absolute atomic E-state index is 0.0636. The van der Waals surface area contributed by atoms with E-state index in [1.807, 2.05) is 48.3 Å². The molecule has 21 nitrogen and oxygen atoms in total. The molecule has 12 aliphatic carbocycles. The van der Waals surface area contributed by atoms with Crippen LogP contribution in [0.4, 0.5) is 0 Å². The molecule has 0 saturated heterocycles. The molecular weight excluding hydrogens is 1400 g/mol. The minimum Gasteiger partial charge on any atom is -0.390 e. The van der Waals surface area contributed by atoms with Gasteiger partial charge in [-0.3, -0.25) is 24.2 Å². The number of ether oxygens (including phenoxy) is 3. The van der Waals surface area contributed by atoms with Crippen molar-refractivity contribution in [1.82, 2.24) is 59.7 Å². The van der Waals surface area contributed by atoms with Gasteiger partial charge in [0.25, 0.3) is 0 Å². The summed E-state index contributed by atoms with van der Waals surface area (Å²) < 4.78 is 51.1. The SMILES string of the molecule is COC[C@]12CC[C@@](C)(O)C[C@H]1CC[C@H]1[C@@H]3CC[C@H](C(=O)CBr)[C@@]3(C)CC[C@@H]12.COC[C@]12CC[C@@](C)(O)C[C@H]1CC[C@H]1[C@@H]3CC[C@H](C(=O)Cn4cc5nccnc5n4)[C@@]3(C)CC[C@@H]12.COC[C@]12CC[C@@](C)(O)C[C@H]1CC[C@H]1[C@@H]3CC[C@H](C(=O)Cn4ncc5nccnc54)[C@@]3(C)CC[C@@H]12.[2H][2H].[2H][2H].[2H][2H].c1cnc2[nH]ncc2n1. The zero-order valence-corrected chi connectivity index (χ0v) is 66.4. The number of carbonyl (C=O) groups is 3. The van der Waals surface area contributed by atoms with E-state index in [2.05, 4.69) is 87.0 Å². The van der Waals surface area contributed by atoms with Gasteiger partial charge < -0.3 is 29.5 Å². The van der Waals surface area contributed by atoms with Crippen LogP contribution in [0, 0.1) is 121 Å². The van der Waals surface area contributed by atoms with Crippen molar-refractivity contribution in [3.63, 3.8) is 0 Å². The Bertz CT molecular complexity index is 4090. The number of methoxy groups -OCH3 is 3. The van der Waals surface area contributed by atoms with Crippen LogP contribution in [0.15, 0.2) is 55.8 Å². The van der Waals surface area contributed by atoms with Gasteiger partial charge in [0, 0.05) is 85.2 Å². The van der Waals surface area contributed by atoms with E-state index in [0.717, 1.165) is 151 Å². The lowest BCUT2D eigenvalue weighted by molar-refractivity contribution is -0.175. The van der Waals surface area contributed by atoms with Crippen molar-refractivity contribution in [2.24, 2.45) is 121 Å². The first-order valence-electron chi connectivity index (χ1n) is 43.9. The molecule has 0 aromatic carbocycles. The molecule has 0 unspecified atom stereocenters. The number of aromatic amines is 1. The number of ketones is 3. The largest absolute Gasteiger partial charge is 0.390 e. The lowest BCUT2D eigenvalue weighted by Crippen LogP contribution is -2.58. The standard InChI is InChI=1S/2C28H40N4O3.C23H37BrO3.C5H4N4.3H2/c1-26(34)10-11-28(17-35-3)18(14-26)4-5-19-20-6-7-22(27(20,2)9-8-21(19)28)24(33)16-32-15-23-25(31-32)30-13-12-29-23;1-26(34)10-11-28(17-35-3)18(14-26)4-5-19-20-6-7-22(27(20,2)9-8-21(19)28)24(33)16-32-25-23(15-31-32)29-12-13-30-25;1-21(26)10-11-23(14-27-3)15(12-21)4-5-16-17-6-7-19(20(25)13-24)22(17,2)9-8-18(16)23;1-2-7-5-4(6-1)3-8-9-5;;;/h2*12-13,15,18-22,34H,4-11,14,16-17H2,1-3H3;15-19,26H,4-14H2,1-3H3;1-3H,(H,7,8,9);3*1H/t2*18-,19+,20+,21+,22-,26-,27+,28-;15-,16+,17+,18+,19-,21-,22+,23-;;;;/m111..../s1/i;;;;3*1+1D. The summed E-state index contributed by atoms with van der Waals surface area (Å²) in [5.41, 5.74) is 3.70. The van der Waals surface area contributed by atoms with E-state index in [9.17, 15) is 29.7 Å². The number of Topliss-reactive ketones (excluding diaryl/α,β-unsaturated/α-hetero) is 3. The summed E-state index contributed by atoms with van der Waals surface area (Å²) in [6.07, 6.45) is 44.7. The molecule has 0 radical (unpaired) electrons. The maximum Gasteiger partial charge on any atom is 0.199 e. The van der Waals surface area contributed by atoms with E-state index < -0.39 is 16.8 Å². The molecule has 4 N–H and O–H groups in total. The van der Waals surface area contributed by atoms with Crippen LogP contribution in [0.3, 0.4) is 0 Å². The van der Waals surface area contributed by atoms with Gasteiger partial charge in [0.15, 0.2) is 28.5 Å². The summed E-state index contributed by atoms with van der Waals surface area (Å²) in [6.45, 7) is 16.4. The van der Waals surface area contributed by atoms with E-state index in [-0.39, 0.29) is 56.8 Å². The van der Waals surface area contributed by atoms with E-state index in [0.29, 0.717) is 106 Å². The molecule has 12 fully saturated rings. The smallest absolute Gasteiger partial charge is 0.199 e. The van der Waals surface area contributed by atoms with Crippen molar-refractivity contribution < 1.29 is 52.8 Å². The van der Waals surface area contributed by atoms with Gasteiger partial charge in [0.05, 0.1) is 67.1 Å². The lowest BCUT2D eigenvalue weighted by atomic mass is 9.43. The van der Waals surface area contributed by atoms with E-state index in [1.54, 1.807) is 58.9 Å². The van der Waals surface area contributed by atoms with Crippen LogP contribution >= 0.6 is 15.9 Å². The van der Waals surface area contributed by atoms with E-state index in [1.165, 1.54) is 70.6 Å². The number of hydrogen-bond donors (Lipinski definition) is 4. The van der Waals surface area contributed by atoms with Crippen LogP contribution in [-0.2, 0) is 41.7 Å². The van der Waals surface area contributed by atoms with Gasteiger partial charge >= 0.3 is 0 Å². The summed E-state index contributed by atoms with van der Waals surface area (Å²) in [6, 6.07) is 0. The zero-order chi connectivity index (χ0) is 80.4. The molecule has 0 aliphatic heterocycles. The highest BCUT2D eigenvalue weighted by Gasteiger charge is 2.67. The summed E-state index contributed by atoms with van der Waals surface area (Å²) in [7, 11) is 5.56. The predicted molar refractivity (Wildman–Crippen MR) is 414 cm³/mol. The Hall–Kier alpha value is -5.10. The molecule has 0 bridgehead atoms. The van der Waals surface area contributed by atoms with Crippen molar-refractivity contribution in [2.75, 3.05) is 46.5 Å². The monoisotopic (exact) mass is 1530 g/mol. The van der Waals surface area contributed by atoms with Gasteiger partial charge in [-0.25, -0.2) is 34.6 Å². The summed E-state index contributed by atoms with van der Waals surface area (Å²) in [4.78, 5) is 65.2. The number of aromatic nitrogens is 12.